The third-order valence-corrected chi connectivity index (χ3v) is 8.63. The highest BCUT2D eigenvalue weighted by Gasteiger charge is 2.23. The molecule has 1 saturated heterocycles. The van der Waals surface area contributed by atoms with Gasteiger partial charge in [-0.1, -0.05) is 41.6 Å². The van der Waals surface area contributed by atoms with Crippen LogP contribution in [-0.4, -0.2) is 43.7 Å². The Morgan fingerprint density at radius 3 is 2.91 bits per heavy atom. The number of hydrogen-bond acceptors (Lipinski definition) is 7. The van der Waals surface area contributed by atoms with Gasteiger partial charge in [0, 0.05) is 40.2 Å². The fraction of sp³-hybridized carbons (Fsp3) is 0.348. The molecule has 0 aliphatic carbocycles. The minimum atomic E-state index is 0.0381. The number of ketones is 1. The van der Waals surface area contributed by atoms with E-state index in [-0.39, 0.29) is 17.6 Å². The van der Waals surface area contributed by atoms with Gasteiger partial charge in [-0.2, -0.15) is 0 Å². The highest BCUT2D eigenvalue weighted by Crippen LogP contribution is 2.41. The molecule has 0 saturated carbocycles. The SMILES string of the molecule is Cc1cc(C(=O)CSc2nnc(-c3sc4ccccc4c3Cl)n2N)c(C)n1C[C@@H]1CCCO1. The number of carbonyl (C=O) groups is 1. The zero-order valence-corrected chi connectivity index (χ0v) is 20.8. The van der Waals surface area contributed by atoms with Crippen LogP contribution in [0.3, 0.4) is 0 Å². The Kier molecular flexibility index (Phi) is 6.22. The fourth-order valence-electron chi connectivity index (χ4n) is 4.25. The van der Waals surface area contributed by atoms with E-state index >= 15 is 0 Å². The molecular formula is C23H24ClN5O2S2. The maximum absolute atomic E-state index is 13.0. The number of carbonyl (C=O) groups excluding carboxylic acids is 1. The number of nitrogen functional groups attached to an aromatic ring is 1. The Morgan fingerprint density at radius 1 is 1.33 bits per heavy atom. The lowest BCUT2D eigenvalue weighted by atomic mass is 10.2. The summed E-state index contributed by atoms with van der Waals surface area (Å²) in [5.41, 5.74) is 2.77. The number of nitrogens with zero attached hydrogens (tertiary/aromatic N) is 4. The lowest BCUT2D eigenvalue weighted by Crippen LogP contribution is -2.17. The highest BCUT2D eigenvalue weighted by molar-refractivity contribution is 7.99. The molecule has 33 heavy (non-hydrogen) atoms. The summed E-state index contributed by atoms with van der Waals surface area (Å²) in [5, 5.41) is 10.5. The minimum Gasteiger partial charge on any atom is -0.376 e. The van der Waals surface area contributed by atoms with Crippen molar-refractivity contribution in [1.29, 1.82) is 0 Å². The number of rotatable bonds is 7. The first-order chi connectivity index (χ1) is 15.9. The molecule has 3 aromatic heterocycles. The van der Waals surface area contributed by atoms with Crippen LogP contribution in [0.1, 0.15) is 34.6 Å². The summed E-state index contributed by atoms with van der Waals surface area (Å²) in [6, 6.07) is 9.86. The van der Waals surface area contributed by atoms with Crippen molar-refractivity contribution in [3.8, 4) is 10.7 Å². The molecule has 1 atom stereocenters. The molecule has 0 unspecified atom stereocenters. The number of benzene rings is 1. The smallest absolute Gasteiger partial charge is 0.210 e. The van der Waals surface area contributed by atoms with E-state index < -0.39 is 0 Å². The molecule has 0 spiro atoms. The van der Waals surface area contributed by atoms with Crippen LogP contribution < -0.4 is 5.84 Å². The highest BCUT2D eigenvalue weighted by atomic mass is 35.5. The van der Waals surface area contributed by atoms with Gasteiger partial charge in [-0.05, 0) is 38.8 Å². The van der Waals surface area contributed by atoms with Crippen molar-refractivity contribution in [2.45, 2.75) is 44.5 Å². The van der Waals surface area contributed by atoms with E-state index in [1.165, 1.54) is 27.8 Å². The van der Waals surface area contributed by atoms with Crippen LogP contribution in [0.4, 0.5) is 0 Å². The average Bonchev–Trinajstić information content (AvgIpc) is 3.58. The van der Waals surface area contributed by atoms with Gasteiger partial charge in [-0.15, -0.1) is 21.5 Å². The Bertz CT molecular complexity index is 1340. The summed E-state index contributed by atoms with van der Waals surface area (Å²) in [7, 11) is 0. The summed E-state index contributed by atoms with van der Waals surface area (Å²) >= 11 is 9.38. The van der Waals surface area contributed by atoms with E-state index in [0.717, 1.165) is 57.9 Å². The maximum atomic E-state index is 13.0. The summed E-state index contributed by atoms with van der Waals surface area (Å²) in [6.45, 7) is 5.63. The van der Waals surface area contributed by atoms with Crippen LogP contribution in [-0.2, 0) is 11.3 Å². The molecule has 10 heteroatoms. The van der Waals surface area contributed by atoms with Crippen molar-refractivity contribution >= 4 is 50.6 Å². The Hall–Kier alpha value is -2.33. The molecule has 1 aliphatic rings. The fourth-order valence-corrected chi connectivity index (χ4v) is 6.49. The van der Waals surface area contributed by atoms with Crippen LogP contribution in [0.25, 0.3) is 20.8 Å². The van der Waals surface area contributed by atoms with E-state index in [2.05, 4.69) is 14.8 Å². The number of thiophene rings is 1. The third-order valence-electron chi connectivity index (χ3n) is 6.02. The van der Waals surface area contributed by atoms with Gasteiger partial charge in [-0.25, -0.2) is 4.68 Å². The number of nitrogens with two attached hydrogens (primary N) is 1. The molecule has 172 valence electrons. The number of thioether (sulfide) groups is 1. The van der Waals surface area contributed by atoms with Gasteiger partial charge >= 0.3 is 0 Å². The second-order valence-corrected chi connectivity index (χ2v) is 10.5. The van der Waals surface area contributed by atoms with E-state index in [0.29, 0.717) is 16.0 Å². The topological polar surface area (TPSA) is 88.0 Å². The lowest BCUT2D eigenvalue weighted by Gasteiger charge is -2.14. The van der Waals surface area contributed by atoms with E-state index in [1.54, 1.807) is 0 Å². The van der Waals surface area contributed by atoms with E-state index in [1.807, 2.05) is 44.2 Å². The van der Waals surface area contributed by atoms with Crippen LogP contribution in [0.15, 0.2) is 35.5 Å². The summed E-state index contributed by atoms with van der Waals surface area (Å²) in [5.74, 6) is 7.04. The van der Waals surface area contributed by atoms with Crippen LogP contribution in [0.5, 0.6) is 0 Å². The molecule has 0 radical (unpaired) electrons. The van der Waals surface area contributed by atoms with Gasteiger partial charge in [-0.3, -0.25) is 4.79 Å². The predicted molar refractivity (Wildman–Crippen MR) is 134 cm³/mol. The second kappa shape index (κ2) is 9.13. The van der Waals surface area contributed by atoms with Crippen molar-refractivity contribution in [3.63, 3.8) is 0 Å². The predicted octanol–water partition coefficient (Wildman–Crippen LogP) is 5.10. The largest absolute Gasteiger partial charge is 0.376 e. The molecule has 0 amide bonds. The molecule has 2 N–H and O–H groups in total. The van der Waals surface area contributed by atoms with E-state index in [4.69, 9.17) is 22.2 Å². The standard InChI is InChI=1S/C23H24ClN5O2S2/c1-13-10-17(14(2)28(13)11-15-6-5-9-31-15)18(30)12-32-23-27-26-22(29(23)25)21-20(24)16-7-3-4-8-19(16)33-21/h3-4,7-8,10,15H,5-6,9,11-12,25H2,1-2H3/t15-/m0/s1. The van der Waals surface area contributed by atoms with Gasteiger partial charge < -0.3 is 15.1 Å². The molecule has 1 aromatic carbocycles. The van der Waals surface area contributed by atoms with E-state index in [9.17, 15) is 4.79 Å². The molecule has 1 fully saturated rings. The monoisotopic (exact) mass is 501 g/mol. The maximum Gasteiger partial charge on any atom is 0.210 e. The Morgan fingerprint density at radius 2 is 2.15 bits per heavy atom. The number of halogens is 1. The number of fused-ring (bicyclic) bond motifs is 1. The van der Waals surface area contributed by atoms with Gasteiger partial charge in [0.25, 0.3) is 0 Å². The molecular weight excluding hydrogens is 478 g/mol. The average molecular weight is 502 g/mol. The van der Waals surface area contributed by atoms with Crippen molar-refractivity contribution in [2.24, 2.45) is 0 Å². The first-order valence-corrected chi connectivity index (χ1v) is 12.9. The number of aryl methyl sites for hydroxylation is 1. The molecule has 0 bridgehead atoms. The van der Waals surface area contributed by atoms with Crippen molar-refractivity contribution in [1.82, 2.24) is 19.4 Å². The van der Waals surface area contributed by atoms with Gasteiger partial charge in [0.05, 0.1) is 21.8 Å². The van der Waals surface area contributed by atoms with Crippen LogP contribution >= 0.6 is 34.7 Å². The van der Waals surface area contributed by atoms with Gasteiger partial charge in [0.15, 0.2) is 11.6 Å². The third kappa shape index (κ3) is 4.19. The summed E-state index contributed by atoms with van der Waals surface area (Å²) in [4.78, 5) is 13.8. The Balaban J connectivity index is 1.32. The zero-order valence-electron chi connectivity index (χ0n) is 18.4. The number of ether oxygens (including phenoxy) is 1. The first-order valence-electron chi connectivity index (χ1n) is 10.8. The number of Topliss-reactive ketones (excluding diaryl/α,β-unsaturated/α-hetero) is 1. The zero-order chi connectivity index (χ0) is 23.1. The van der Waals surface area contributed by atoms with Crippen molar-refractivity contribution < 1.29 is 9.53 Å². The quantitative estimate of drug-likeness (QED) is 0.215. The first kappa shape index (κ1) is 22.5. The molecule has 4 aromatic rings. The molecule has 7 nitrogen and oxygen atoms in total. The molecule has 1 aliphatic heterocycles. The second-order valence-electron chi connectivity index (χ2n) is 8.16. The Labute approximate surface area is 204 Å². The van der Waals surface area contributed by atoms with Crippen LogP contribution in [0.2, 0.25) is 5.02 Å². The molecule has 5 rings (SSSR count). The summed E-state index contributed by atoms with van der Waals surface area (Å²) in [6.07, 6.45) is 2.39. The van der Waals surface area contributed by atoms with Crippen LogP contribution in [0, 0.1) is 13.8 Å². The van der Waals surface area contributed by atoms with Gasteiger partial charge in [0.1, 0.15) is 0 Å². The number of hydrogen-bond donors (Lipinski definition) is 1. The van der Waals surface area contributed by atoms with Crippen molar-refractivity contribution in [3.05, 3.63) is 52.3 Å². The van der Waals surface area contributed by atoms with Gasteiger partial charge in [0.2, 0.25) is 5.16 Å². The number of aromatic nitrogens is 4. The lowest BCUT2D eigenvalue weighted by molar-refractivity contribution is 0.0957. The minimum absolute atomic E-state index is 0.0381. The van der Waals surface area contributed by atoms with Crippen molar-refractivity contribution in [2.75, 3.05) is 18.2 Å². The molecule has 4 heterocycles. The normalized spacial score (nSPS) is 16.2. The summed E-state index contributed by atoms with van der Waals surface area (Å²) < 4.78 is 10.4.